The van der Waals surface area contributed by atoms with Gasteiger partial charge in [-0.25, -0.2) is 15.4 Å². The van der Waals surface area contributed by atoms with Crippen molar-refractivity contribution < 1.29 is 27.9 Å². The zero-order valence-electron chi connectivity index (χ0n) is 20.1. The number of aromatic nitrogens is 3. The second-order valence-electron chi connectivity index (χ2n) is 8.93. The van der Waals surface area contributed by atoms with Gasteiger partial charge in [0.2, 0.25) is 5.95 Å². The van der Waals surface area contributed by atoms with E-state index in [1.807, 2.05) is 24.8 Å². The van der Waals surface area contributed by atoms with E-state index in [2.05, 4.69) is 10.3 Å². The maximum Gasteiger partial charge on any atom is 0.434 e. The van der Waals surface area contributed by atoms with E-state index >= 15 is 0 Å². The van der Waals surface area contributed by atoms with Crippen LogP contribution >= 0.6 is 0 Å². The molecule has 1 saturated heterocycles. The van der Waals surface area contributed by atoms with E-state index in [9.17, 15) is 18.0 Å². The molecular formula is C25H25F3N6O3. The number of fused-ring (bicyclic) bond motifs is 3. The third-order valence-corrected chi connectivity index (χ3v) is 6.35. The molecule has 194 valence electrons. The third kappa shape index (κ3) is 4.65. The lowest BCUT2D eigenvalue weighted by molar-refractivity contribution is -0.140. The van der Waals surface area contributed by atoms with Crippen LogP contribution in [0.15, 0.2) is 42.6 Å². The van der Waals surface area contributed by atoms with Crippen LogP contribution < -0.4 is 15.7 Å². The number of ether oxygens (including phenoxy) is 1. The molecule has 2 aromatic heterocycles. The number of hydrogen-bond acceptors (Lipinski definition) is 7. The number of carbonyl (C=O) groups is 1. The van der Waals surface area contributed by atoms with E-state index < -0.39 is 23.8 Å². The van der Waals surface area contributed by atoms with Gasteiger partial charge in [-0.05, 0) is 37.6 Å². The lowest BCUT2D eigenvalue weighted by Gasteiger charge is -2.29. The minimum absolute atomic E-state index is 0.163. The van der Waals surface area contributed by atoms with Crippen molar-refractivity contribution in [3.63, 3.8) is 0 Å². The molecule has 0 unspecified atom stereocenters. The summed E-state index contributed by atoms with van der Waals surface area (Å²) in [6, 6.07) is 9.97. The molecule has 9 nitrogen and oxygen atoms in total. The minimum atomic E-state index is -4.61. The molecule has 5 rings (SSSR count). The molecule has 1 fully saturated rings. The first-order valence-electron chi connectivity index (χ1n) is 11.7. The van der Waals surface area contributed by atoms with E-state index in [1.54, 1.807) is 35.8 Å². The quantitative estimate of drug-likeness (QED) is 0.269. The van der Waals surface area contributed by atoms with Crippen molar-refractivity contribution in [3.8, 4) is 0 Å². The highest BCUT2D eigenvalue weighted by Gasteiger charge is 2.35. The van der Waals surface area contributed by atoms with Crippen LogP contribution in [0.5, 0.6) is 0 Å². The molecule has 3 N–H and O–H groups in total. The number of alkyl halides is 3. The Morgan fingerprint density at radius 3 is 2.59 bits per heavy atom. The molecule has 4 aromatic rings. The Balaban J connectivity index is 1.70. The number of nitrogens with one attached hydrogen (secondary N) is 2. The highest BCUT2D eigenvalue weighted by molar-refractivity contribution is 5.99. The van der Waals surface area contributed by atoms with Gasteiger partial charge < -0.3 is 15.0 Å². The second-order valence-corrected chi connectivity index (χ2v) is 8.93. The maximum atomic E-state index is 13.7. The number of anilines is 2. The van der Waals surface area contributed by atoms with Crippen LogP contribution in [0.1, 0.15) is 40.1 Å². The Bertz CT molecular complexity index is 1480. The lowest BCUT2D eigenvalue weighted by atomic mass is 10.0. The van der Waals surface area contributed by atoms with Crippen molar-refractivity contribution in [2.75, 3.05) is 36.5 Å². The van der Waals surface area contributed by atoms with Gasteiger partial charge in [0.05, 0.1) is 30.3 Å². The van der Waals surface area contributed by atoms with Gasteiger partial charge in [-0.3, -0.25) is 14.4 Å². The van der Waals surface area contributed by atoms with Gasteiger partial charge in [-0.15, -0.1) is 0 Å². The Hall–Kier alpha value is -3.90. The van der Waals surface area contributed by atoms with Crippen LogP contribution in [0.3, 0.4) is 0 Å². The predicted octanol–water partition coefficient (Wildman–Crippen LogP) is 4.34. The molecule has 0 saturated carbocycles. The van der Waals surface area contributed by atoms with Crippen molar-refractivity contribution >= 4 is 34.1 Å². The molecule has 3 heterocycles. The van der Waals surface area contributed by atoms with Crippen molar-refractivity contribution in [3.05, 3.63) is 65.0 Å². The van der Waals surface area contributed by atoms with Gasteiger partial charge in [0, 0.05) is 35.9 Å². The number of imidazole rings is 1. The molecule has 0 radical (unpaired) electrons. The molecule has 1 atom stereocenters. The van der Waals surface area contributed by atoms with Crippen molar-refractivity contribution in [1.82, 2.24) is 19.8 Å². The van der Waals surface area contributed by atoms with Crippen molar-refractivity contribution in [2.45, 2.75) is 26.1 Å². The summed E-state index contributed by atoms with van der Waals surface area (Å²) < 4.78 is 47.8. The van der Waals surface area contributed by atoms with Gasteiger partial charge in [0.1, 0.15) is 5.65 Å². The predicted molar refractivity (Wildman–Crippen MR) is 131 cm³/mol. The molecule has 0 bridgehead atoms. The average molecular weight is 515 g/mol. The van der Waals surface area contributed by atoms with Crippen LogP contribution in [-0.4, -0.2) is 51.8 Å². The van der Waals surface area contributed by atoms with E-state index in [4.69, 9.17) is 14.9 Å². The molecule has 37 heavy (non-hydrogen) atoms. The number of carbonyl (C=O) groups excluding carboxylic acids is 1. The van der Waals surface area contributed by atoms with E-state index in [-0.39, 0.29) is 11.2 Å². The number of aryl methyl sites for hydroxylation is 1. The SMILES string of the molecule is Cc1cc([C@@H](C)Nc2ccccc2C(=O)NO)c2nc(N3CCOCC3)n3cc(C(F)(F)F)nc3c2c1. The summed E-state index contributed by atoms with van der Waals surface area (Å²) >= 11 is 0. The zero-order chi connectivity index (χ0) is 26.3. The van der Waals surface area contributed by atoms with Gasteiger partial charge >= 0.3 is 6.18 Å². The first kappa shape index (κ1) is 24.8. The molecule has 12 heteroatoms. The summed E-state index contributed by atoms with van der Waals surface area (Å²) in [5.41, 5.74) is 3.57. The number of benzene rings is 2. The van der Waals surface area contributed by atoms with Crippen LogP contribution in [0, 0.1) is 6.92 Å². The fourth-order valence-electron chi connectivity index (χ4n) is 4.61. The van der Waals surface area contributed by atoms with Crippen LogP contribution in [0.4, 0.5) is 24.8 Å². The van der Waals surface area contributed by atoms with Gasteiger partial charge in [-0.1, -0.05) is 18.2 Å². The van der Waals surface area contributed by atoms with Crippen LogP contribution in [0.25, 0.3) is 16.6 Å². The van der Waals surface area contributed by atoms with Crippen LogP contribution in [-0.2, 0) is 10.9 Å². The fraction of sp³-hybridized carbons (Fsp3) is 0.320. The number of morpholine rings is 1. The van der Waals surface area contributed by atoms with E-state index in [0.717, 1.165) is 17.3 Å². The highest BCUT2D eigenvalue weighted by Crippen LogP contribution is 2.35. The van der Waals surface area contributed by atoms with Crippen LogP contribution in [0.2, 0.25) is 0 Å². The molecule has 1 amide bonds. The Morgan fingerprint density at radius 2 is 1.89 bits per heavy atom. The van der Waals surface area contributed by atoms with Crippen molar-refractivity contribution in [1.29, 1.82) is 0 Å². The zero-order valence-corrected chi connectivity index (χ0v) is 20.1. The Morgan fingerprint density at radius 1 is 1.16 bits per heavy atom. The molecule has 1 aliphatic rings. The third-order valence-electron chi connectivity index (χ3n) is 6.35. The summed E-state index contributed by atoms with van der Waals surface area (Å²) in [5.74, 6) is -0.318. The van der Waals surface area contributed by atoms with Crippen molar-refractivity contribution in [2.24, 2.45) is 0 Å². The molecule has 1 aliphatic heterocycles. The summed E-state index contributed by atoms with van der Waals surface area (Å²) in [6.07, 6.45) is -3.63. The lowest BCUT2D eigenvalue weighted by Crippen LogP contribution is -2.38. The largest absolute Gasteiger partial charge is 0.434 e. The highest BCUT2D eigenvalue weighted by atomic mass is 19.4. The molecule has 2 aromatic carbocycles. The molecule has 0 spiro atoms. The molecular weight excluding hydrogens is 489 g/mol. The first-order chi connectivity index (χ1) is 17.7. The number of nitrogens with zero attached hydrogens (tertiary/aromatic N) is 4. The fourth-order valence-corrected chi connectivity index (χ4v) is 4.61. The smallest absolute Gasteiger partial charge is 0.378 e. The summed E-state index contributed by atoms with van der Waals surface area (Å²) in [7, 11) is 0. The standard InChI is InChI=1S/C25H25F3N6O3/c1-14-11-17(15(2)29-19-6-4-3-5-16(19)23(35)32-36)21-18(12-14)22-30-20(25(26,27)28)13-34(22)24(31-21)33-7-9-37-10-8-33/h3-6,11-13,15,29,36H,7-10H2,1-2H3,(H,32,35)/t15-/m1/s1. The maximum absolute atomic E-state index is 13.7. The topological polar surface area (TPSA) is 104 Å². The number of hydroxylamine groups is 1. The van der Waals surface area contributed by atoms with Gasteiger partial charge in [0.15, 0.2) is 5.69 Å². The Kier molecular flexibility index (Phi) is 6.38. The Labute approximate surface area is 209 Å². The number of rotatable bonds is 5. The van der Waals surface area contributed by atoms with E-state index in [0.29, 0.717) is 48.8 Å². The number of hydrogen-bond donors (Lipinski definition) is 3. The normalized spacial score (nSPS) is 15.2. The summed E-state index contributed by atoms with van der Waals surface area (Å²) in [5, 5.41) is 12.9. The molecule has 0 aliphatic carbocycles. The van der Waals surface area contributed by atoms with Gasteiger partial charge in [-0.2, -0.15) is 13.2 Å². The van der Waals surface area contributed by atoms with E-state index in [1.165, 1.54) is 4.40 Å². The monoisotopic (exact) mass is 514 g/mol. The summed E-state index contributed by atoms with van der Waals surface area (Å²) in [4.78, 5) is 22.9. The number of para-hydroxylation sites is 1. The first-order valence-corrected chi connectivity index (χ1v) is 11.7. The summed E-state index contributed by atoms with van der Waals surface area (Å²) in [6.45, 7) is 5.55. The van der Waals surface area contributed by atoms with Gasteiger partial charge in [0.25, 0.3) is 5.91 Å². The number of halogens is 3. The minimum Gasteiger partial charge on any atom is -0.378 e. The average Bonchev–Trinajstić information content (AvgIpc) is 3.35. The number of amides is 1. The second kappa shape index (κ2) is 9.52.